The molecule has 0 bridgehead atoms. The molecular formula is C9H14O3. The van der Waals surface area contributed by atoms with E-state index in [0.717, 1.165) is 12.8 Å². The van der Waals surface area contributed by atoms with Gasteiger partial charge >= 0.3 is 5.97 Å². The zero-order valence-corrected chi connectivity index (χ0v) is 7.41. The van der Waals surface area contributed by atoms with Crippen LogP contribution in [-0.4, -0.2) is 16.9 Å². The van der Waals surface area contributed by atoms with Crippen molar-refractivity contribution in [1.82, 2.24) is 0 Å². The van der Waals surface area contributed by atoms with E-state index in [1.807, 2.05) is 6.92 Å². The van der Waals surface area contributed by atoms with Crippen molar-refractivity contribution in [3.05, 3.63) is 0 Å². The highest BCUT2D eigenvalue weighted by Gasteiger charge is 2.40. The first-order valence-corrected chi connectivity index (χ1v) is 4.27. The van der Waals surface area contributed by atoms with Crippen molar-refractivity contribution in [1.29, 1.82) is 0 Å². The van der Waals surface area contributed by atoms with Gasteiger partial charge in [0.25, 0.3) is 0 Å². The van der Waals surface area contributed by atoms with Crippen LogP contribution < -0.4 is 0 Å². The van der Waals surface area contributed by atoms with Crippen molar-refractivity contribution in [3.63, 3.8) is 0 Å². The van der Waals surface area contributed by atoms with E-state index in [9.17, 15) is 9.59 Å². The first-order chi connectivity index (χ1) is 5.54. The van der Waals surface area contributed by atoms with Crippen molar-refractivity contribution in [2.24, 2.45) is 17.8 Å². The Kier molecular flexibility index (Phi) is 2.50. The lowest BCUT2D eigenvalue weighted by atomic mass is 9.88. The first kappa shape index (κ1) is 9.23. The molecule has 0 amide bonds. The third kappa shape index (κ3) is 1.49. The molecule has 0 aromatic heterocycles. The molecule has 3 heteroatoms. The van der Waals surface area contributed by atoms with Gasteiger partial charge in [0.1, 0.15) is 5.78 Å². The SMILES string of the molecule is CC(=O)[C@@H]1CC[C@H](C)[C@@H]1C(=O)O. The Labute approximate surface area is 71.8 Å². The molecule has 1 aliphatic carbocycles. The van der Waals surface area contributed by atoms with Gasteiger partial charge in [0.2, 0.25) is 0 Å². The quantitative estimate of drug-likeness (QED) is 0.680. The Hall–Kier alpha value is -0.860. The summed E-state index contributed by atoms with van der Waals surface area (Å²) in [6.45, 7) is 3.39. The lowest BCUT2D eigenvalue weighted by Gasteiger charge is -2.15. The Balaban J connectivity index is 2.77. The maximum absolute atomic E-state index is 11.0. The largest absolute Gasteiger partial charge is 0.481 e. The zero-order valence-electron chi connectivity index (χ0n) is 7.41. The maximum atomic E-state index is 11.0. The van der Waals surface area contributed by atoms with Crippen LogP contribution in [0.25, 0.3) is 0 Å². The van der Waals surface area contributed by atoms with E-state index in [0.29, 0.717) is 0 Å². The number of ketones is 1. The van der Waals surface area contributed by atoms with Crippen molar-refractivity contribution < 1.29 is 14.7 Å². The van der Waals surface area contributed by atoms with Crippen LogP contribution in [0.2, 0.25) is 0 Å². The summed E-state index contributed by atoms with van der Waals surface area (Å²) >= 11 is 0. The van der Waals surface area contributed by atoms with Crippen molar-refractivity contribution in [3.8, 4) is 0 Å². The van der Waals surface area contributed by atoms with Crippen LogP contribution in [-0.2, 0) is 9.59 Å². The Morgan fingerprint density at radius 2 is 1.92 bits per heavy atom. The van der Waals surface area contributed by atoms with E-state index in [1.165, 1.54) is 6.92 Å². The topological polar surface area (TPSA) is 54.4 Å². The third-order valence-corrected chi connectivity index (χ3v) is 2.79. The molecule has 0 aromatic rings. The monoisotopic (exact) mass is 170 g/mol. The molecule has 0 saturated heterocycles. The van der Waals surface area contributed by atoms with Crippen molar-refractivity contribution in [2.75, 3.05) is 0 Å². The second-order valence-corrected chi connectivity index (χ2v) is 3.64. The summed E-state index contributed by atoms with van der Waals surface area (Å²) in [6, 6.07) is 0. The molecular weight excluding hydrogens is 156 g/mol. The van der Waals surface area contributed by atoms with E-state index in [2.05, 4.69) is 0 Å². The van der Waals surface area contributed by atoms with E-state index in [4.69, 9.17) is 5.11 Å². The van der Waals surface area contributed by atoms with Crippen LogP contribution in [0, 0.1) is 17.8 Å². The van der Waals surface area contributed by atoms with Gasteiger partial charge in [-0.1, -0.05) is 6.92 Å². The molecule has 1 fully saturated rings. The minimum absolute atomic E-state index is 0.0201. The number of Topliss-reactive ketones (excluding diaryl/α,β-unsaturated/α-hetero) is 1. The second-order valence-electron chi connectivity index (χ2n) is 3.64. The molecule has 1 N–H and O–H groups in total. The van der Waals surface area contributed by atoms with Crippen LogP contribution in [0.4, 0.5) is 0 Å². The second kappa shape index (κ2) is 3.25. The smallest absolute Gasteiger partial charge is 0.307 e. The molecule has 1 saturated carbocycles. The number of carboxylic acid groups (broad SMARTS) is 1. The number of aliphatic carboxylic acids is 1. The number of carboxylic acids is 1. The van der Waals surface area contributed by atoms with Gasteiger partial charge < -0.3 is 5.11 Å². The van der Waals surface area contributed by atoms with E-state index in [1.54, 1.807) is 0 Å². The Morgan fingerprint density at radius 1 is 1.33 bits per heavy atom. The van der Waals surface area contributed by atoms with Gasteiger partial charge in [-0.2, -0.15) is 0 Å². The molecule has 0 unspecified atom stereocenters. The lowest BCUT2D eigenvalue weighted by molar-refractivity contribution is -0.146. The van der Waals surface area contributed by atoms with E-state index < -0.39 is 11.9 Å². The van der Waals surface area contributed by atoms with Gasteiger partial charge in [0, 0.05) is 5.92 Å². The fraction of sp³-hybridized carbons (Fsp3) is 0.778. The highest BCUT2D eigenvalue weighted by Crippen LogP contribution is 2.37. The highest BCUT2D eigenvalue weighted by atomic mass is 16.4. The fourth-order valence-corrected chi connectivity index (χ4v) is 2.07. The zero-order chi connectivity index (χ0) is 9.30. The predicted octanol–water partition coefficient (Wildman–Crippen LogP) is 1.32. The highest BCUT2D eigenvalue weighted by molar-refractivity contribution is 5.85. The summed E-state index contributed by atoms with van der Waals surface area (Å²) < 4.78 is 0. The average Bonchev–Trinajstić information content (AvgIpc) is 2.30. The van der Waals surface area contributed by atoms with Gasteiger partial charge in [-0.3, -0.25) is 9.59 Å². The summed E-state index contributed by atoms with van der Waals surface area (Å²) in [5.41, 5.74) is 0. The van der Waals surface area contributed by atoms with Gasteiger partial charge in [-0.05, 0) is 25.7 Å². The molecule has 0 spiro atoms. The summed E-state index contributed by atoms with van der Waals surface area (Å²) in [4.78, 5) is 21.8. The fourth-order valence-electron chi connectivity index (χ4n) is 2.07. The lowest BCUT2D eigenvalue weighted by Crippen LogP contribution is -2.27. The van der Waals surface area contributed by atoms with Crippen molar-refractivity contribution >= 4 is 11.8 Å². The molecule has 12 heavy (non-hydrogen) atoms. The predicted molar refractivity (Wildman–Crippen MR) is 43.7 cm³/mol. The summed E-state index contributed by atoms with van der Waals surface area (Å²) in [5.74, 6) is -1.33. The molecule has 1 rings (SSSR count). The normalized spacial score (nSPS) is 35.0. The summed E-state index contributed by atoms with van der Waals surface area (Å²) in [5, 5.41) is 8.85. The average molecular weight is 170 g/mol. The van der Waals surface area contributed by atoms with Crippen molar-refractivity contribution in [2.45, 2.75) is 26.7 Å². The minimum atomic E-state index is -0.819. The summed E-state index contributed by atoms with van der Waals surface area (Å²) in [6.07, 6.45) is 1.61. The Morgan fingerprint density at radius 3 is 2.25 bits per heavy atom. The number of rotatable bonds is 2. The van der Waals surface area contributed by atoms with Crippen LogP contribution >= 0.6 is 0 Å². The molecule has 0 heterocycles. The maximum Gasteiger partial charge on any atom is 0.307 e. The van der Waals surface area contributed by atoms with Crippen LogP contribution in [0.3, 0.4) is 0 Å². The van der Waals surface area contributed by atoms with E-state index >= 15 is 0 Å². The third-order valence-electron chi connectivity index (χ3n) is 2.79. The molecule has 0 aromatic carbocycles. The molecule has 0 aliphatic heterocycles. The minimum Gasteiger partial charge on any atom is -0.481 e. The Bertz CT molecular complexity index is 210. The number of carbonyl (C=O) groups is 2. The molecule has 3 atom stereocenters. The standard InChI is InChI=1S/C9H14O3/c1-5-3-4-7(6(2)10)8(5)9(11)12/h5,7-8H,3-4H2,1-2H3,(H,11,12)/t5-,7-,8-/m0/s1. The number of carbonyl (C=O) groups excluding carboxylic acids is 1. The number of hydrogen-bond acceptors (Lipinski definition) is 2. The molecule has 3 nitrogen and oxygen atoms in total. The van der Waals surface area contributed by atoms with Crippen LogP contribution in [0.15, 0.2) is 0 Å². The van der Waals surface area contributed by atoms with Crippen LogP contribution in [0.1, 0.15) is 26.7 Å². The number of hydrogen-bond donors (Lipinski definition) is 1. The van der Waals surface area contributed by atoms with Gasteiger partial charge in [0.15, 0.2) is 0 Å². The first-order valence-electron chi connectivity index (χ1n) is 4.27. The van der Waals surface area contributed by atoms with Gasteiger partial charge in [-0.25, -0.2) is 0 Å². The molecule has 68 valence electrons. The van der Waals surface area contributed by atoms with Gasteiger partial charge in [0.05, 0.1) is 5.92 Å². The molecule has 1 aliphatic rings. The molecule has 0 radical (unpaired) electrons. The van der Waals surface area contributed by atoms with Gasteiger partial charge in [-0.15, -0.1) is 0 Å². The van der Waals surface area contributed by atoms with E-state index in [-0.39, 0.29) is 17.6 Å². The summed E-state index contributed by atoms with van der Waals surface area (Å²) in [7, 11) is 0. The van der Waals surface area contributed by atoms with Crippen LogP contribution in [0.5, 0.6) is 0 Å².